The van der Waals surface area contributed by atoms with Crippen molar-refractivity contribution in [2.45, 2.75) is 32.1 Å². The van der Waals surface area contributed by atoms with Crippen LogP contribution in [0.3, 0.4) is 0 Å². The van der Waals surface area contributed by atoms with Gasteiger partial charge in [0.1, 0.15) is 11.2 Å². The molecule has 1 atom stereocenters. The minimum Gasteiger partial charge on any atom is -0.350 e. The summed E-state index contributed by atoms with van der Waals surface area (Å²) in [6, 6.07) is 18.2. The van der Waals surface area contributed by atoms with Gasteiger partial charge in [-0.15, -0.1) is 0 Å². The molecule has 1 aromatic heterocycles. The first-order valence-electron chi connectivity index (χ1n) is 10.5. The molecule has 9 heteroatoms. The van der Waals surface area contributed by atoms with Crippen LogP contribution < -0.4 is 10.6 Å². The van der Waals surface area contributed by atoms with Gasteiger partial charge in [-0.25, -0.2) is 0 Å². The molecule has 0 radical (unpaired) electrons. The number of carbonyl (C=O) groups is 3. The van der Waals surface area contributed by atoms with E-state index < -0.39 is 11.4 Å². The average Bonchev–Trinajstić information content (AvgIpc) is 3.25. The van der Waals surface area contributed by atoms with E-state index in [1.165, 1.54) is 15.6 Å². The highest BCUT2D eigenvalue weighted by Crippen LogP contribution is 2.26. The largest absolute Gasteiger partial charge is 0.350 e. The molecule has 0 bridgehead atoms. The Balaban J connectivity index is 1.48. The number of halogens is 1. The van der Waals surface area contributed by atoms with Crippen LogP contribution in [0.2, 0.25) is 5.02 Å². The van der Waals surface area contributed by atoms with Crippen LogP contribution in [0.5, 0.6) is 0 Å². The Hall–Kier alpha value is -3.65. The molecule has 2 aromatic carbocycles. The van der Waals surface area contributed by atoms with Crippen molar-refractivity contribution in [3.63, 3.8) is 0 Å². The highest BCUT2D eigenvalue weighted by atomic mass is 35.5. The zero-order valence-corrected chi connectivity index (χ0v) is 19.1. The summed E-state index contributed by atoms with van der Waals surface area (Å²) < 4.78 is 1.43. The van der Waals surface area contributed by atoms with Crippen molar-refractivity contribution in [2.24, 2.45) is 0 Å². The second-order valence-corrected chi connectivity index (χ2v) is 8.56. The van der Waals surface area contributed by atoms with Gasteiger partial charge in [-0.1, -0.05) is 60.1 Å². The zero-order valence-electron chi connectivity index (χ0n) is 18.3. The molecule has 2 N–H and O–H groups in total. The van der Waals surface area contributed by atoms with Crippen LogP contribution in [0.25, 0.3) is 0 Å². The molecule has 33 heavy (non-hydrogen) atoms. The molecule has 2 heterocycles. The Kier molecular flexibility index (Phi) is 6.20. The molecule has 8 nitrogen and oxygen atoms in total. The van der Waals surface area contributed by atoms with E-state index in [1.54, 1.807) is 20.0 Å². The van der Waals surface area contributed by atoms with Crippen molar-refractivity contribution in [3.05, 3.63) is 88.2 Å². The Morgan fingerprint density at radius 3 is 2.48 bits per heavy atom. The summed E-state index contributed by atoms with van der Waals surface area (Å²) in [5.74, 6) is -1.10. The summed E-state index contributed by atoms with van der Waals surface area (Å²) in [4.78, 5) is 40.1. The lowest BCUT2D eigenvalue weighted by atomic mass is 9.96. The average molecular weight is 466 g/mol. The van der Waals surface area contributed by atoms with Gasteiger partial charge in [0, 0.05) is 31.2 Å². The summed E-state index contributed by atoms with van der Waals surface area (Å²) in [5.41, 5.74) is 0.934. The van der Waals surface area contributed by atoms with E-state index in [0.717, 1.165) is 11.1 Å². The number of aromatic nitrogens is 2. The summed E-state index contributed by atoms with van der Waals surface area (Å²) >= 11 is 6.14. The van der Waals surface area contributed by atoms with Gasteiger partial charge in [-0.3, -0.25) is 19.1 Å². The number of nitrogens with zero attached hydrogens (tertiary/aromatic N) is 3. The smallest absolute Gasteiger partial charge is 0.272 e. The number of rotatable bonds is 6. The molecule has 4 rings (SSSR count). The fourth-order valence-electron chi connectivity index (χ4n) is 3.71. The van der Waals surface area contributed by atoms with Crippen LogP contribution in [0.15, 0.2) is 60.7 Å². The third-order valence-corrected chi connectivity index (χ3v) is 6.29. The van der Waals surface area contributed by atoms with Gasteiger partial charge >= 0.3 is 0 Å². The van der Waals surface area contributed by atoms with Crippen molar-refractivity contribution < 1.29 is 14.4 Å². The van der Waals surface area contributed by atoms with E-state index in [4.69, 9.17) is 11.6 Å². The topological polar surface area (TPSA) is 96.3 Å². The van der Waals surface area contributed by atoms with Crippen LogP contribution in [-0.4, -0.2) is 45.0 Å². The highest BCUT2D eigenvalue weighted by molar-refractivity contribution is 6.31. The minimum absolute atomic E-state index is 0.104. The number of nitrogens with one attached hydrogen (secondary N) is 2. The van der Waals surface area contributed by atoms with Crippen LogP contribution >= 0.6 is 11.6 Å². The predicted molar refractivity (Wildman–Crippen MR) is 124 cm³/mol. The van der Waals surface area contributed by atoms with Gasteiger partial charge in [0.2, 0.25) is 5.91 Å². The molecule has 0 saturated carbocycles. The highest BCUT2D eigenvalue weighted by Gasteiger charge is 2.46. The van der Waals surface area contributed by atoms with Crippen molar-refractivity contribution in [1.29, 1.82) is 0 Å². The lowest BCUT2D eigenvalue weighted by Crippen LogP contribution is -2.62. The van der Waals surface area contributed by atoms with E-state index in [-0.39, 0.29) is 36.3 Å². The molecule has 0 spiro atoms. The maximum absolute atomic E-state index is 13.1. The molecule has 1 aliphatic heterocycles. The normalized spacial score (nSPS) is 17.4. The number of hydrogen-bond donors (Lipinski definition) is 2. The van der Waals surface area contributed by atoms with Crippen LogP contribution in [0, 0.1) is 0 Å². The molecule has 1 aliphatic rings. The predicted octanol–water partition coefficient (Wildman–Crippen LogP) is 2.63. The molecule has 0 unspecified atom stereocenters. The van der Waals surface area contributed by atoms with Crippen LogP contribution in [0.4, 0.5) is 0 Å². The first kappa shape index (κ1) is 22.5. The second-order valence-electron chi connectivity index (χ2n) is 8.15. The first-order valence-corrected chi connectivity index (χ1v) is 10.9. The monoisotopic (exact) mass is 465 g/mol. The molecular formula is C24H24ClN5O3. The standard InChI is InChI=1S/C24H24ClN5O3/c1-24(23(33)27-13-16-8-4-3-5-9-16)15-30-20(22(32)29(24)2)12-19(28-30)21(31)26-14-17-10-6-7-11-18(17)25/h3-12H,13-15H2,1-2H3,(H,26,31)(H,27,33)/t24-/m1/s1. The van der Waals surface area contributed by atoms with Crippen LogP contribution in [-0.2, 0) is 24.4 Å². The number of likely N-dealkylation sites (N-methyl/N-ethyl adjacent to an activating group) is 1. The molecule has 0 aliphatic carbocycles. The van der Waals surface area contributed by atoms with E-state index in [2.05, 4.69) is 15.7 Å². The molecule has 0 saturated heterocycles. The van der Waals surface area contributed by atoms with Gasteiger partial charge in [0.25, 0.3) is 11.8 Å². The Morgan fingerprint density at radius 2 is 1.76 bits per heavy atom. The van der Waals surface area contributed by atoms with Gasteiger partial charge in [-0.05, 0) is 24.1 Å². The molecule has 170 valence electrons. The van der Waals surface area contributed by atoms with Crippen LogP contribution in [0.1, 0.15) is 39.0 Å². The Labute approximate surface area is 196 Å². The van der Waals surface area contributed by atoms with Gasteiger partial charge in [-0.2, -0.15) is 5.10 Å². The SMILES string of the molecule is CN1C(=O)c2cc(C(=O)NCc3ccccc3Cl)nn2C[C@]1(C)C(=O)NCc1ccccc1. The lowest BCUT2D eigenvalue weighted by Gasteiger charge is -2.40. The molecular weight excluding hydrogens is 442 g/mol. The summed E-state index contributed by atoms with van der Waals surface area (Å²) in [6.45, 7) is 2.39. The fraction of sp³-hybridized carbons (Fsp3) is 0.250. The van der Waals surface area contributed by atoms with E-state index >= 15 is 0 Å². The van der Waals surface area contributed by atoms with Gasteiger partial charge < -0.3 is 15.5 Å². The van der Waals surface area contributed by atoms with Crippen molar-refractivity contribution >= 4 is 29.3 Å². The van der Waals surface area contributed by atoms with Crippen molar-refractivity contribution in [3.8, 4) is 0 Å². The lowest BCUT2D eigenvalue weighted by molar-refractivity contribution is -0.132. The number of fused-ring (bicyclic) bond motifs is 1. The third-order valence-electron chi connectivity index (χ3n) is 5.92. The third kappa shape index (κ3) is 4.47. The number of amides is 3. The zero-order chi connectivity index (χ0) is 23.6. The molecule has 3 aromatic rings. The number of carbonyl (C=O) groups excluding carboxylic acids is 3. The number of hydrogen-bond acceptors (Lipinski definition) is 4. The van der Waals surface area contributed by atoms with Crippen molar-refractivity contribution in [2.75, 3.05) is 7.05 Å². The Morgan fingerprint density at radius 1 is 1.06 bits per heavy atom. The van der Waals surface area contributed by atoms with E-state index in [1.807, 2.05) is 48.5 Å². The Bertz CT molecular complexity index is 1210. The molecule has 3 amide bonds. The maximum atomic E-state index is 13.1. The first-order chi connectivity index (χ1) is 15.8. The quantitative estimate of drug-likeness (QED) is 0.585. The summed E-state index contributed by atoms with van der Waals surface area (Å²) in [7, 11) is 1.58. The van der Waals surface area contributed by atoms with Gasteiger partial charge in [0.05, 0.1) is 6.54 Å². The second kappa shape index (κ2) is 9.07. The van der Waals surface area contributed by atoms with E-state index in [9.17, 15) is 14.4 Å². The van der Waals surface area contributed by atoms with Gasteiger partial charge in [0.15, 0.2) is 5.69 Å². The number of benzene rings is 2. The minimum atomic E-state index is -1.16. The molecule has 0 fully saturated rings. The summed E-state index contributed by atoms with van der Waals surface area (Å²) in [6.07, 6.45) is 0. The van der Waals surface area contributed by atoms with Crippen molar-refractivity contribution in [1.82, 2.24) is 25.3 Å². The maximum Gasteiger partial charge on any atom is 0.272 e. The van der Waals surface area contributed by atoms with E-state index in [0.29, 0.717) is 11.6 Å². The fourth-order valence-corrected chi connectivity index (χ4v) is 3.92. The summed E-state index contributed by atoms with van der Waals surface area (Å²) in [5, 5.41) is 10.5.